The van der Waals surface area contributed by atoms with Crippen LogP contribution in [0.1, 0.15) is 32.1 Å². The number of hydrogen-bond acceptors (Lipinski definition) is 4. The first-order valence-corrected chi connectivity index (χ1v) is 6.91. The molecular formula is C12H24N4. The molecule has 0 bridgehead atoms. The van der Waals surface area contributed by atoms with E-state index in [1.807, 2.05) is 0 Å². The van der Waals surface area contributed by atoms with Crippen LogP contribution in [0.3, 0.4) is 0 Å². The number of likely N-dealkylation sites (tertiary alicyclic amines) is 1. The van der Waals surface area contributed by atoms with Gasteiger partial charge < -0.3 is 5.32 Å². The van der Waals surface area contributed by atoms with E-state index in [2.05, 4.69) is 20.2 Å². The van der Waals surface area contributed by atoms with Gasteiger partial charge in [0.25, 0.3) is 0 Å². The quantitative estimate of drug-likeness (QED) is 0.744. The summed E-state index contributed by atoms with van der Waals surface area (Å²) in [6, 6.07) is 0. The summed E-state index contributed by atoms with van der Waals surface area (Å²) in [5, 5.41) is 8.62. The summed E-state index contributed by atoms with van der Waals surface area (Å²) < 4.78 is 0. The predicted molar refractivity (Wildman–Crippen MR) is 64.7 cm³/mol. The second-order valence-electron chi connectivity index (χ2n) is 5.27. The average Bonchev–Trinajstić information content (AvgIpc) is 3.03. The van der Waals surface area contributed by atoms with E-state index in [1.165, 1.54) is 58.3 Å². The molecule has 3 aliphatic heterocycles. The highest BCUT2D eigenvalue weighted by atomic mass is 15.7. The van der Waals surface area contributed by atoms with Gasteiger partial charge in [-0.05, 0) is 45.2 Å². The van der Waals surface area contributed by atoms with Crippen molar-refractivity contribution in [2.24, 2.45) is 0 Å². The molecule has 3 rings (SSSR count). The first-order chi connectivity index (χ1) is 7.95. The summed E-state index contributed by atoms with van der Waals surface area (Å²) in [7, 11) is 0. The molecule has 4 heteroatoms. The molecule has 3 saturated heterocycles. The number of rotatable bonds is 2. The van der Waals surface area contributed by atoms with Gasteiger partial charge in [0, 0.05) is 19.6 Å². The van der Waals surface area contributed by atoms with E-state index >= 15 is 0 Å². The minimum absolute atomic E-state index is 0.705. The fourth-order valence-corrected chi connectivity index (χ4v) is 3.35. The van der Waals surface area contributed by atoms with E-state index in [0.717, 1.165) is 13.2 Å². The molecule has 0 radical (unpaired) electrons. The van der Waals surface area contributed by atoms with Gasteiger partial charge in [-0.3, -0.25) is 4.90 Å². The van der Waals surface area contributed by atoms with Crippen molar-refractivity contribution in [1.82, 2.24) is 20.2 Å². The summed E-state index contributed by atoms with van der Waals surface area (Å²) in [5.41, 5.74) is 0. The lowest BCUT2D eigenvalue weighted by Crippen LogP contribution is -2.56. The molecule has 0 aromatic carbocycles. The van der Waals surface area contributed by atoms with Crippen LogP contribution < -0.4 is 5.32 Å². The fraction of sp³-hybridized carbons (Fsp3) is 1.00. The molecule has 4 nitrogen and oxygen atoms in total. The Bertz CT molecular complexity index is 197. The monoisotopic (exact) mass is 224 g/mol. The molecule has 0 spiro atoms. The summed E-state index contributed by atoms with van der Waals surface area (Å²) in [4.78, 5) is 2.71. The Morgan fingerprint density at radius 2 is 1.69 bits per heavy atom. The third-order valence-corrected chi connectivity index (χ3v) is 4.21. The second kappa shape index (κ2) is 5.00. The van der Waals surface area contributed by atoms with Crippen LogP contribution >= 0.6 is 0 Å². The van der Waals surface area contributed by atoms with E-state index in [9.17, 15) is 0 Å². The summed E-state index contributed by atoms with van der Waals surface area (Å²) in [6.45, 7) is 7.33. The molecule has 1 unspecified atom stereocenters. The van der Waals surface area contributed by atoms with Crippen molar-refractivity contribution < 1.29 is 0 Å². The molecule has 0 aromatic rings. The van der Waals surface area contributed by atoms with Gasteiger partial charge in [0.2, 0.25) is 0 Å². The van der Waals surface area contributed by atoms with Crippen molar-refractivity contribution in [3.8, 4) is 0 Å². The van der Waals surface area contributed by atoms with Gasteiger partial charge in [0.1, 0.15) is 0 Å². The molecule has 1 N–H and O–H groups in total. The van der Waals surface area contributed by atoms with Crippen molar-refractivity contribution in [2.45, 2.75) is 38.3 Å². The smallest absolute Gasteiger partial charge is 0.0760 e. The molecule has 1 atom stereocenters. The highest BCUT2D eigenvalue weighted by Gasteiger charge is 2.33. The van der Waals surface area contributed by atoms with E-state index < -0.39 is 0 Å². The van der Waals surface area contributed by atoms with Gasteiger partial charge in [0.05, 0.1) is 12.8 Å². The number of nitrogens with one attached hydrogen (secondary N) is 1. The topological polar surface area (TPSA) is 21.8 Å². The Labute approximate surface area is 98.5 Å². The minimum Gasteiger partial charge on any atom is -0.302 e. The zero-order valence-electron chi connectivity index (χ0n) is 10.2. The van der Waals surface area contributed by atoms with E-state index in [0.29, 0.717) is 6.17 Å². The Morgan fingerprint density at radius 3 is 2.44 bits per heavy atom. The minimum atomic E-state index is 0.705. The molecule has 0 amide bonds. The second-order valence-corrected chi connectivity index (χ2v) is 5.27. The highest BCUT2D eigenvalue weighted by molar-refractivity contribution is 4.81. The number of hydrogen-bond donors (Lipinski definition) is 1. The lowest BCUT2D eigenvalue weighted by atomic mass is 10.1. The first kappa shape index (κ1) is 11.0. The van der Waals surface area contributed by atoms with Crippen LogP contribution in [0, 0.1) is 0 Å². The molecular weight excluding hydrogens is 200 g/mol. The lowest BCUT2D eigenvalue weighted by molar-refractivity contribution is -0.115. The molecule has 16 heavy (non-hydrogen) atoms. The molecule has 3 heterocycles. The van der Waals surface area contributed by atoms with Crippen LogP contribution in [0.15, 0.2) is 0 Å². The third-order valence-electron chi connectivity index (χ3n) is 4.21. The van der Waals surface area contributed by atoms with Crippen molar-refractivity contribution in [3.05, 3.63) is 0 Å². The maximum Gasteiger partial charge on any atom is 0.0760 e. The van der Waals surface area contributed by atoms with Crippen LogP contribution in [0.25, 0.3) is 0 Å². The number of piperidine rings is 1. The maximum absolute atomic E-state index is 3.45. The Hall–Kier alpha value is -0.160. The van der Waals surface area contributed by atoms with E-state index in [1.54, 1.807) is 0 Å². The van der Waals surface area contributed by atoms with Crippen LogP contribution in [0.2, 0.25) is 0 Å². The van der Waals surface area contributed by atoms with Crippen LogP contribution in [-0.4, -0.2) is 60.5 Å². The maximum atomic E-state index is 3.45. The van der Waals surface area contributed by atoms with Gasteiger partial charge in [-0.15, -0.1) is 0 Å². The third kappa shape index (κ3) is 2.12. The fourth-order valence-electron chi connectivity index (χ4n) is 3.35. The van der Waals surface area contributed by atoms with Gasteiger partial charge in [-0.2, -0.15) is 0 Å². The van der Waals surface area contributed by atoms with Crippen LogP contribution in [-0.2, 0) is 0 Å². The average molecular weight is 224 g/mol. The van der Waals surface area contributed by atoms with Crippen molar-refractivity contribution in [3.63, 3.8) is 0 Å². The van der Waals surface area contributed by atoms with Gasteiger partial charge in [-0.25, -0.2) is 10.0 Å². The summed E-state index contributed by atoms with van der Waals surface area (Å²) >= 11 is 0. The predicted octanol–water partition coefficient (Wildman–Crippen LogP) is 0.672. The SMILES string of the molecule is C1CCN(N2CCNC2)C(N2CCCC2)C1. The van der Waals surface area contributed by atoms with Crippen molar-refractivity contribution in [2.75, 3.05) is 39.4 Å². The van der Waals surface area contributed by atoms with Crippen LogP contribution in [0.4, 0.5) is 0 Å². The summed E-state index contributed by atoms with van der Waals surface area (Å²) in [5.74, 6) is 0. The Kier molecular flexibility index (Phi) is 3.43. The normalized spacial score (nSPS) is 34.9. The van der Waals surface area contributed by atoms with Gasteiger partial charge in [-0.1, -0.05) is 0 Å². The van der Waals surface area contributed by atoms with Crippen LogP contribution in [0.5, 0.6) is 0 Å². The van der Waals surface area contributed by atoms with E-state index in [4.69, 9.17) is 0 Å². The van der Waals surface area contributed by atoms with Crippen molar-refractivity contribution >= 4 is 0 Å². The molecule has 3 aliphatic rings. The zero-order valence-corrected chi connectivity index (χ0v) is 10.2. The zero-order chi connectivity index (χ0) is 10.8. The number of hydrazine groups is 1. The first-order valence-electron chi connectivity index (χ1n) is 6.91. The molecule has 0 aliphatic carbocycles. The standard InChI is InChI=1S/C12H24N4/c1-2-9-16(15-10-6-13-11-15)12(5-1)14-7-3-4-8-14/h12-13H,1-11H2. The molecule has 0 saturated carbocycles. The Balaban J connectivity index is 1.67. The molecule has 3 fully saturated rings. The Morgan fingerprint density at radius 1 is 0.875 bits per heavy atom. The highest BCUT2D eigenvalue weighted by Crippen LogP contribution is 2.25. The van der Waals surface area contributed by atoms with E-state index in [-0.39, 0.29) is 0 Å². The summed E-state index contributed by atoms with van der Waals surface area (Å²) in [6.07, 6.45) is 7.68. The van der Waals surface area contributed by atoms with Gasteiger partial charge >= 0.3 is 0 Å². The van der Waals surface area contributed by atoms with Gasteiger partial charge in [0.15, 0.2) is 0 Å². The number of nitrogens with zero attached hydrogens (tertiary/aromatic N) is 3. The lowest BCUT2D eigenvalue weighted by Gasteiger charge is -2.45. The molecule has 0 aromatic heterocycles. The van der Waals surface area contributed by atoms with Crippen molar-refractivity contribution in [1.29, 1.82) is 0 Å². The molecule has 92 valence electrons. The largest absolute Gasteiger partial charge is 0.302 e.